The zero-order valence-corrected chi connectivity index (χ0v) is 17.8. The van der Waals surface area contributed by atoms with Gasteiger partial charge in [-0.05, 0) is 86.6 Å². The highest BCUT2D eigenvalue weighted by Gasteiger charge is 2.12. The minimum atomic E-state index is 0.800. The van der Waals surface area contributed by atoms with Crippen molar-refractivity contribution in [1.29, 1.82) is 0 Å². The summed E-state index contributed by atoms with van der Waals surface area (Å²) in [5.41, 5.74) is 2.20. The van der Waals surface area contributed by atoms with Crippen LogP contribution in [0.3, 0.4) is 0 Å². The molecule has 1 fully saturated rings. The Balaban J connectivity index is 1.31. The maximum atomic E-state index is 5.99. The first kappa shape index (κ1) is 18.9. The predicted molar refractivity (Wildman–Crippen MR) is 118 cm³/mol. The van der Waals surface area contributed by atoms with Crippen molar-refractivity contribution in [2.24, 2.45) is 5.92 Å². The van der Waals surface area contributed by atoms with Crippen molar-refractivity contribution >= 4 is 37.5 Å². The standard InChI is InChI=1S/C22H25BrN2OS/c23-18-6-4-17(5-7-18)22-20-9-8-19(15-21(20)27-25-22)26-14-2-1-3-16-10-12-24-13-11-16/h4-9,15-16,24H,1-3,10-14H2. The van der Waals surface area contributed by atoms with Crippen molar-refractivity contribution in [1.82, 2.24) is 9.69 Å². The van der Waals surface area contributed by atoms with Gasteiger partial charge >= 0.3 is 0 Å². The third-order valence-corrected chi connectivity index (χ3v) is 6.63. The fourth-order valence-corrected chi connectivity index (χ4v) is 4.81. The number of aromatic nitrogens is 1. The van der Waals surface area contributed by atoms with E-state index >= 15 is 0 Å². The third-order valence-electron chi connectivity index (χ3n) is 5.30. The Labute approximate surface area is 173 Å². The number of piperidine rings is 1. The number of hydrogen-bond donors (Lipinski definition) is 1. The lowest BCUT2D eigenvalue weighted by Gasteiger charge is -2.22. The van der Waals surface area contributed by atoms with Gasteiger partial charge in [-0.15, -0.1) is 0 Å². The van der Waals surface area contributed by atoms with Crippen molar-refractivity contribution in [2.75, 3.05) is 19.7 Å². The largest absolute Gasteiger partial charge is 0.494 e. The molecule has 0 spiro atoms. The smallest absolute Gasteiger partial charge is 0.120 e. The number of hydrogen-bond acceptors (Lipinski definition) is 4. The highest BCUT2D eigenvalue weighted by Crippen LogP contribution is 2.33. The normalized spacial score (nSPS) is 15.3. The molecule has 0 radical (unpaired) electrons. The molecule has 142 valence electrons. The molecule has 1 aromatic heterocycles. The first-order chi connectivity index (χ1) is 13.3. The average Bonchev–Trinajstić information content (AvgIpc) is 3.12. The van der Waals surface area contributed by atoms with Crippen LogP contribution in [0, 0.1) is 5.92 Å². The third kappa shape index (κ3) is 4.89. The van der Waals surface area contributed by atoms with Gasteiger partial charge < -0.3 is 10.1 Å². The summed E-state index contributed by atoms with van der Waals surface area (Å²) in [6, 6.07) is 14.7. The second kappa shape index (κ2) is 9.18. The van der Waals surface area contributed by atoms with Crippen LogP contribution in [-0.4, -0.2) is 24.1 Å². The van der Waals surface area contributed by atoms with Gasteiger partial charge in [0.1, 0.15) is 5.75 Å². The Kier molecular flexibility index (Phi) is 6.43. The number of rotatable bonds is 7. The summed E-state index contributed by atoms with van der Waals surface area (Å²) < 4.78 is 12.9. The molecular weight excluding hydrogens is 420 g/mol. The van der Waals surface area contributed by atoms with E-state index in [2.05, 4.69) is 68.1 Å². The maximum Gasteiger partial charge on any atom is 0.120 e. The minimum absolute atomic E-state index is 0.800. The first-order valence-electron chi connectivity index (χ1n) is 9.78. The SMILES string of the molecule is Brc1ccc(-c2nsc3cc(OCCCCC4CCNCC4)ccc23)cc1. The van der Waals surface area contributed by atoms with Gasteiger partial charge in [0, 0.05) is 15.4 Å². The molecule has 0 saturated carbocycles. The van der Waals surface area contributed by atoms with E-state index in [0.29, 0.717) is 0 Å². The van der Waals surface area contributed by atoms with E-state index in [1.54, 1.807) is 11.5 Å². The van der Waals surface area contributed by atoms with E-state index in [4.69, 9.17) is 4.74 Å². The molecule has 27 heavy (non-hydrogen) atoms. The lowest BCUT2D eigenvalue weighted by molar-refractivity contribution is 0.288. The molecule has 3 nitrogen and oxygen atoms in total. The van der Waals surface area contributed by atoms with Crippen LogP contribution in [0.25, 0.3) is 21.3 Å². The number of nitrogens with zero attached hydrogens (tertiary/aromatic N) is 1. The lowest BCUT2D eigenvalue weighted by atomic mass is 9.93. The summed E-state index contributed by atoms with van der Waals surface area (Å²) in [4.78, 5) is 0. The summed E-state index contributed by atoms with van der Waals surface area (Å²) in [5, 5.41) is 4.63. The van der Waals surface area contributed by atoms with Gasteiger partial charge in [-0.3, -0.25) is 0 Å². The van der Waals surface area contributed by atoms with E-state index in [-0.39, 0.29) is 0 Å². The summed E-state index contributed by atoms with van der Waals surface area (Å²) in [5.74, 6) is 1.87. The van der Waals surface area contributed by atoms with E-state index in [1.807, 2.05) is 0 Å². The Hall–Kier alpha value is -1.43. The Bertz CT molecular complexity index is 872. The number of benzene rings is 2. The second-order valence-corrected chi connectivity index (χ2v) is 8.95. The fourth-order valence-electron chi connectivity index (χ4n) is 3.72. The molecule has 1 aliphatic heterocycles. The van der Waals surface area contributed by atoms with Crippen LogP contribution >= 0.6 is 27.5 Å². The number of ether oxygens (including phenoxy) is 1. The van der Waals surface area contributed by atoms with E-state index in [0.717, 1.165) is 40.4 Å². The van der Waals surface area contributed by atoms with Crippen LogP contribution in [0.2, 0.25) is 0 Å². The number of halogens is 1. The molecule has 3 aromatic rings. The van der Waals surface area contributed by atoms with Crippen molar-refractivity contribution in [2.45, 2.75) is 32.1 Å². The molecule has 0 unspecified atom stereocenters. The molecule has 4 rings (SSSR count). The summed E-state index contributed by atoms with van der Waals surface area (Å²) in [6.07, 6.45) is 6.42. The van der Waals surface area contributed by atoms with Gasteiger partial charge in [0.2, 0.25) is 0 Å². The van der Waals surface area contributed by atoms with Gasteiger partial charge in [-0.25, -0.2) is 0 Å². The molecule has 1 N–H and O–H groups in total. The Morgan fingerprint density at radius 2 is 1.89 bits per heavy atom. The van der Waals surface area contributed by atoms with Crippen LogP contribution in [0.15, 0.2) is 46.9 Å². The molecule has 0 bridgehead atoms. The highest BCUT2D eigenvalue weighted by molar-refractivity contribution is 9.10. The van der Waals surface area contributed by atoms with Gasteiger partial charge in [0.05, 0.1) is 17.0 Å². The first-order valence-corrected chi connectivity index (χ1v) is 11.3. The van der Waals surface area contributed by atoms with Crippen molar-refractivity contribution in [3.8, 4) is 17.0 Å². The topological polar surface area (TPSA) is 34.1 Å². The minimum Gasteiger partial charge on any atom is -0.494 e. The number of nitrogens with one attached hydrogen (secondary N) is 1. The molecule has 1 aliphatic rings. The molecule has 5 heteroatoms. The second-order valence-electron chi connectivity index (χ2n) is 7.23. The van der Waals surface area contributed by atoms with Crippen molar-refractivity contribution in [3.05, 3.63) is 46.9 Å². The van der Waals surface area contributed by atoms with Crippen molar-refractivity contribution in [3.63, 3.8) is 0 Å². The number of unbranched alkanes of at least 4 members (excludes halogenated alkanes) is 1. The predicted octanol–water partition coefficient (Wildman–Crippen LogP) is 6.27. The van der Waals surface area contributed by atoms with Gasteiger partial charge in [-0.2, -0.15) is 4.37 Å². The average molecular weight is 445 g/mol. The van der Waals surface area contributed by atoms with Crippen LogP contribution in [0.5, 0.6) is 5.75 Å². The van der Waals surface area contributed by atoms with Crippen molar-refractivity contribution < 1.29 is 4.74 Å². The Morgan fingerprint density at radius 3 is 2.70 bits per heavy atom. The van der Waals surface area contributed by atoms with E-state index < -0.39 is 0 Å². The summed E-state index contributed by atoms with van der Waals surface area (Å²) in [7, 11) is 0. The van der Waals surface area contributed by atoms with E-state index in [1.165, 1.54) is 48.9 Å². The monoisotopic (exact) mass is 444 g/mol. The zero-order chi connectivity index (χ0) is 18.5. The molecular formula is C22H25BrN2OS. The molecule has 0 aliphatic carbocycles. The molecule has 2 aromatic carbocycles. The Morgan fingerprint density at radius 1 is 1.07 bits per heavy atom. The summed E-state index contributed by atoms with van der Waals surface area (Å²) in [6.45, 7) is 3.19. The maximum absolute atomic E-state index is 5.99. The van der Waals surface area contributed by atoms with Crippen LogP contribution in [-0.2, 0) is 0 Å². The van der Waals surface area contributed by atoms with E-state index in [9.17, 15) is 0 Å². The summed E-state index contributed by atoms with van der Waals surface area (Å²) >= 11 is 5.03. The fraction of sp³-hybridized carbons (Fsp3) is 0.409. The van der Waals surface area contributed by atoms with Gasteiger partial charge in [-0.1, -0.05) is 34.5 Å². The molecule has 0 amide bonds. The number of fused-ring (bicyclic) bond motifs is 1. The van der Waals surface area contributed by atoms with Crippen LogP contribution in [0.1, 0.15) is 32.1 Å². The zero-order valence-electron chi connectivity index (χ0n) is 15.4. The lowest BCUT2D eigenvalue weighted by Crippen LogP contribution is -2.27. The van der Waals surface area contributed by atoms with Crippen LogP contribution < -0.4 is 10.1 Å². The molecule has 1 saturated heterocycles. The van der Waals surface area contributed by atoms with Gasteiger partial charge in [0.25, 0.3) is 0 Å². The highest BCUT2D eigenvalue weighted by atomic mass is 79.9. The molecule has 2 heterocycles. The molecule has 0 atom stereocenters. The quantitative estimate of drug-likeness (QED) is 0.435. The van der Waals surface area contributed by atoms with Crippen LogP contribution in [0.4, 0.5) is 0 Å². The van der Waals surface area contributed by atoms with Gasteiger partial charge in [0.15, 0.2) is 0 Å².